The quantitative estimate of drug-likeness (QED) is 0.183. The first kappa shape index (κ1) is 28.8. The van der Waals surface area contributed by atoms with Crippen molar-refractivity contribution in [2.24, 2.45) is 0 Å². The lowest BCUT2D eigenvalue weighted by Gasteiger charge is -2.25. The Morgan fingerprint density at radius 1 is 0.308 bits per heavy atom. The highest BCUT2D eigenvalue weighted by molar-refractivity contribution is 6.16. The molecule has 11 rings (SSSR count). The largest absolute Gasteiger partial charge is 0.455 e. The maximum atomic E-state index is 6.92. The van der Waals surface area contributed by atoms with Gasteiger partial charge in [-0.25, -0.2) is 0 Å². The van der Waals surface area contributed by atoms with E-state index in [2.05, 4.69) is 157 Å². The zero-order valence-electron chi connectivity index (χ0n) is 27.9. The van der Waals surface area contributed by atoms with Crippen molar-refractivity contribution < 1.29 is 13.3 Å². The van der Waals surface area contributed by atoms with Crippen LogP contribution in [0.2, 0.25) is 0 Å². The molecule has 0 aliphatic heterocycles. The van der Waals surface area contributed by atoms with Crippen LogP contribution >= 0.6 is 0 Å². The lowest BCUT2D eigenvalue weighted by Crippen LogP contribution is -2.09. The fourth-order valence-corrected chi connectivity index (χ4v) is 7.93. The minimum atomic E-state index is 0.824. The Bertz CT molecular complexity index is 3090. The molecular weight excluding hydrogens is 639 g/mol. The number of hydrogen-bond acceptors (Lipinski definition) is 4. The van der Waals surface area contributed by atoms with Crippen LogP contribution in [0, 0.1) is 0 Å². The summed E-state index contributed by atoms with van der Waals surface area (Å²) in [4.78, 5) is 2.26. The van der Waals surface area contributed by atoms with Gasteiger partial charge in [-0.2, -0.15) is 0 Å². The van der Waals surface area contributed by atoms with Crippen LogP contribution in [0.25, 0.3) is 88.1 Å². The minimum absolute atomic E-state index is 0.824. The predicted octanol–water partition coefficient (Wildman–Crippen LogP) is 14.2. The van der Waals surface area contributed by atoms with E-state index in [-0.39, 0.29) is 0 Å². The van der Waals surface area contributed by atoms with Gasteiger partial charge in [0.1, 0.15) is 27.9 Å². The Hall–Kier alpha value is -7.04. The summed E-state index contributed by atoms with van der Waals surface area (Å²) in [7, 11) is 0. The van der Waals surface area contributed by atoms with E-state index in [9.17, 15) is 0 Å². The van der Waals surface area contributed by atoms with Crippen LogP contribution in [0.1, 0.15) is 0 Å². The van der Waals surface area contributed by atoms with Crippen molar-refractivity contribution in [2.75, 3.05) is 4.90 Å². The van der Waals surface area contributed by atoms with E-state index in [0.29, 0.717) is 0 Å². The van der Waals surface area contributed by atoms with Gasteiger partial charge in [0.05, 0.1) is 5.69 Å². The van der Waals surface area contributed by atoms with E-state index in [4.69, 9.17) is 13.3 Å². The van der Waals surface area contributed by atoms with Gasteiger partial charge in [-0.05, 0) is 54.1 Å². The molecule has 0 radical (unpaired) electrons. The van der Waals surface area contributed by atoms with Crippen LogP contribution in [0.15, 0.2) is 189 Å². The third-order valence-electron chi connectivity index (χ3n) is 10.3. The molecule has 11 aromatic rings. The van der Waals surface area contributed by atoms with Gasteiger partial charge in [0.2, 0.25) is 0 Å². The van der Waals surface area contributed by atoms with Crippen LogP contribution in [0.5, 0.6) is 0 Å². The highest BCUT2D eigenvalue weighted by Crippen LogP contribution is 2.45. The molecular formula is C48H29NO3. The zero-order chi connectivity index (χ0) is 34.2. The van der Waals surface area contributed by atoms with Gasteiger partial charge in [-0.1, -0.05) is 127 Å². The molecule has 4 nitrogen and oxygen atoms in total. The Morgan fingerprint density at radius 2 is 0.788 bits per heavy atom. The molecule has 0 bridgehead atoms. The topological polar surface area (TPSA) is 42.7 Å². The Balaban J connectivity index is 1.08. The summed E-state index contributed by atoms with van der Waals surface area (Å²) in [6, 6.07) is 61.0. The van der Waals surface area contributed by atoms with Crippen molar-refractivity contribution in [2.45, 2.75) is 0 Å². The molecule has 8 aromatic carbocycles. The SMILES string of the molecule is c1ccc(N(c2ccccc2)c2cccc3c2oc2c(-c4ccc5c(c4)oc4c(-c6cccc7c6oc6ccccc67)cccc45)cccc23)cc1. The number of hydrogen-bond donors (Lipinski definition) is 0. The summed E-state index contributed by atoms with van der Waals surface area (Å²) >= 11 is 0. The second kappa shape index (κ2) is 11.2. The van der Waals surface area contributed by atoms with Gasteiger partial charge >= 0.3 is 0 Å². The lowest BCUT2D eigenvalue weighted by atomic mass is 9.99. The van der Waals surface area contributed by atoms with Gasteiger partial charge in [0.25, 0.3) is 0 Å². The monoisotopic (exact) mass is 667 g/mol. The van der Waals surface area contributed by atoms with Crippen molar-refractivity contribution in [3.05, 3.63) is 176 Å². The summed E-state index contributed by atoms with van der Waals surface area (Å²) in [5.74, 6) is 0. The molecule has 52 heavy (non-hydrogen) atoms. The molecule has 0 aliphatic carbocycles. The minimum Gasteiger partial charge on any atom is -0.455 e. The van der Waals surface area contributed by atoms with Crippen molar-refractivity contribution in [3.63, 3.8) is 0 Å². The number of nitrogens with zero attached hydrogens (tertiary/aromatic N) is 1. The Morgan fingerprint density at radius 3 is 1.46 bits per heavy atom. The normalized spacial score (nSPS) is 11.8. The number of anilines is 3. The van der Waals surface area contributed by atoms with Crippen molar-refractivity contribution in [1.29, 1.82) is 0 Å². The van der Waals surface area contributed by atoms with Crippen LogP contribution < -0.4 is 4.90 Å². The first-order chi connectivity index (χ1) is 25.8. The van der Waals surface area contributed by atoms with Gasteiger partial charge in [-0.15, -0.1) is 0 Å². The number of para-hydroxylation sites is 7. The maximum absolute atomic E-state index is 6.92. The molecule has 0 aliphatic rings. The van der Waals surface area contributed by atoms with Gasteiger partial charge < -0.3 is 18.2 Å². The summed E-state index contributed by atoms with van der Waals surface area (Å²) in [6.07, 6.45) is 0. The highest BCUT2D eigenvalue weighted by atomic mass is 16.3. The first-order valence-electron chi connectivity index (χ1n) is 17.5. The average molecular weight is 668 g/mol. The smallest absolute Gasteiger partial charge is 0.159 e. The molecule has 0 amide bonds. The van der Waals surface area contributed by atoms with Crippen LogP contribution in [0.3, 0.4) is 0 Å². The molecule has 3 aromatic heterocycles. The standard InChI is InChI=1S/C48H29NO3/c1-3-13-31(14-4-1)49(32-15-5-2-6-16-32)42-25-12-24-41-40-21-9-18-33(45(40)52-48(41)42)30-27-28-35-37-20-11-23-39(47(37)51-44(35)29-30)38-22-10-19-36-34-17-7-8-26-43(34)50-46(36)38/h1-29H. The summed E-state index contributed by atoms with van der Waals surface area (Å²) in [5.41, 5.74) is 12.3. The fraction of sp³-hybridized carbons (Fsp3) is 0. The van der Waals surface area contributed by atoms with Crippen LogP contribution in [-0.4, -0.2) is 0 Å². The van der Waals surface area contributed by atoms with Crippen LogP contribution in [0.4, 0.5) is 17.1 Å². The molecule has 3 heterocycles. The van der Waals surface area contributed by atoms with Gasteiger partial charge in [0.15, 0.2) is 5.58 Å². The maximum Gasteiger partial charge on any atom is 0.159 e. The number of benzene rings is 8. The molecule has 0 N–H and O–H groups in total. The number of rotatable bonds is 5. The van der Waals surface area contributed by atoms with E-state index in [1.807, 2.05) is 24.3 Å². The Kier molecular flexibility index (Phi) is 6.22. The summed E-state index contributed by atoms with van der Waals surface area (Å²) < 4.78 is 20.1. The fourth-order valence-electron chi connectivity index (χ4n) is 7.93. The molecule has 4 heteroatoms. The Labute approximate surface area is 298 Å². The van der Waals surface area contributed by atoms with Gasteiger partial charge in [-0.3, -0.25) is 0 Å². The third kappa shape index (κ3) is 4.28. The molecule has 0 spiro atoms. The van der Waals surface area contributed by atoms with E-state index in [0.717, 1.165) is 105 Å². The van der Waals surface area contributed by atoms with Crippen molar-refractivity contribution in [1.82, 2.24) is 0 Å². The first-order valence-corrected chi connectivity index (χ1v) is 17.5. The average Bonchev–Trinajstić information content (AvgIpc) is 3.90. The van der Waals surface area contributed by atoms with E-state index in [1.165, 1.54) is 0 Å². The molecule has 0 saturated carbocycles. The molecule has 0 atom stereocenters. The zero-order valence-corrected chi connectivity index (χ0v) is 27.9. The molecule has 244 valence electrons. The summed E-state index contributed by atoms with van der Waals surface area (Å²) in [6.45, 7) is 0. The van der Waals surface area contributed by atoms with Crippen LogP contribution in [-0.2, 0) is 0 Å². The van der Waals surface area contributed by atoms with Gasteiger partial charge in [0, 0.05) is 60.4 Å². The van der Waals surface area contributed by atoms with E-state index < -0.39 is 0 Å². The van der Waals surface area contributed by atoms with E-state index >= 15 is 0 Å². The second-order valence-electron chi connectivity index (χ2n) is 13.2. The van der Waals surface area contributed by atoms with Crippen molar-refractivity contribution >= 4 is 82.9 Å². The number of fused-ring (bicyclic) bond motifs is 9. The van der Waals surface area contributed by atoms with Crippen molar-refractivity contribution in [3.8, 4) is 22.3 Å². The third-order valence-corrected chi connectivity index (χ3v) is 10.3. The predicted molar refractivity (Wildman–Crippen MR) is 214 cm³/mol. The molecule has 0 saturated heterocycles. The summed E-state index contributed by atoms with van der Waals surface area (Å²) in [5, 5.41) is 6.49. The lowest BCUT2D eigenvalue weighted by molar-refractivity contribution is 0.665. The molecule has 0 unspecified atom stereocenters. The van der Waals surface area contributed by atoms with E-state index in [1.54, 1.807) is 0 Å². The highest BCUT2D eigenvalue weighted by Gasteiger charge is 2.22. The number of furan rings is 3. The second-order valence-corrected chi connectivity index (χ2v) is 13.2. The molecule has 0 fully saturated rings.